The first-order valence-corrected chi connectivity index (χ1v) is 13.3. The molecule has 0 unspecified atom stereocenters. The Hall–Kier alpha value is -1.59. The van der Waals surface area contributed by atoms with E-state index >= 15 is 0 Å². The summed E-state index contributed by atoms with van der Waals surface area (Å²) in [7, 11) is 0. The van der Waals surface area contributed by atoms with Gasteiger partial charge in [-0.25, -0.2) is 0 Å². The maximum absolute atomic E-state index is 13.0. The molecule has 6 heteroatoms. The minimum absolute atomic E-state index is 0.0590. The fourth-order valence-corrected chi connectivity index (χ4v) is 9.13. The second-order valence-corrected chi connectivity index (χ2v) is 12.4. The van der Waals surface area contributed by atoms with Crippen LogP contribution in [0.25, 0.3) is 0 Å². The highest BCUT2D eigenvalue weighted by Gasteiger charge is 2.70. The first-order chi connectivity index (χ1) is 15.4. The number of rotatable bonds is 8. The number of amides is 3. The van der Waals surface area contributed by atoms with Crippen molar-refractivity contribution in [2.75, 3.05) is 0 Å². The van der Waals surface area contributed by atoms with Crippen molar-refractivity contribution >= 4 is 17.7 Å². The van der Waals surface area contributed by atoms with E-state index in [1.54, 1.807) is 0 Å². The molecule has 0 radical (unpaired) electrons. The number of hydrogen-bond donors (Lipinski definition) is 3. The Morgan fingerprint density at radius 1 is 0.545 bits per heavy atom. The number of primary amides is 3. The Morgan fingerprint density at radius 2 is 0.788 bits per heavy atom. The highest BCUT2D eigenvalue weighted by atomic mass is 16.2. The van der Waals surface area contributed by atoms with Gasteiger partial charge in [0.1, 0.15) is 0 Å². The molecule has 0 heterocycles. The molecular weight excluding hydrogens is 414 g/mol. The van der Waals surface area contributed by atoms with E-state index in [0.29, 0.717) is 0 Å². The van der Waals surface area contributed by atoms with Crippen LogP contribution < -0.4 is 17.2 Å². The van der Waals surface area contributed by atoms with Crippen LogP contribution >= 0.6 is 0 Å². The smallest absolute Gasteiger partial charge is 0.242 e. The van der Waals surface area contributed by atoms with E-state index in [2.05, 4.69) is 20.8 Å². The molecule has 6 N–H and O–H groups in total. The fraction of sp³-hybridized carbons (Fsp3) is 0.889. The van der Waals surface area contributed by atoms with Crippen LogP contribution in [0.3, 0.4) is 0 Å². The van der Waals surface area contributed by atoms with Crippen LogP contribution in [0.5, 0.6) is 0 Å². The van der Waals surface area contributed by atoms with Gasteiger partial charge in [0.05, 0.1) is 0 Å². The largest absolute Gasteiger partial charge is 0.368 e. The van der Waals surface area contributed by atoms with Crippen LogP contribution in [-0.2, 0) is 14.4 Å². The quantitative estimate of drug-likeness (QED) is 0.452. The second-order valence-electron chi connectivity index (χ2n) is 12.4. The number of carbonyl (C=O) groups is 3. The van der Waals surface area contributed by atoms with Crippen molar-refractivity contribution in [2.24, 2.45) is 44.3 Å². The van der Waals surface area contributed by atoms with Crippen LogP contribution in [0.15, 0.2) is 0 Å². The molecule has 3 rings (SSSR count). The molecule has 3 fully saturated rings. The summed E-state index contributed by atoms with van der Waals surface area (Å²) in [6.45, 7) is 7.12. The van der Waals surface area contributed by atoms with E-state index in [-0.39, 0.29) is 22.7 Å². The molecule has 0 aromatic heterocycles. The van der Waals surface area contributed by atoms with Crippen molar-refractivity contribution in [1.82, 2.24) is 0 Å². The van der Waals surface area contributed by atoms with Crippen molar-refractivity contribution < 1.29 is 14.4 Å². The van der Waals surface area contributed by atoms with Gasteiger partial charge in [0.2, 0.25) is 23.1 Å². The van der Waals surface area contributed by atoms with Crippen LogP contribution in [0.1, 0.15) is 124 Å². The normalized spacial score (nSPS) is 25.2. The molecule has 0 aromatic rings. The van der Waals surface area contributed by atoms with E-state index in [1.165, 1.54) is 19.3 Å². The Morgan fingerprint density at radius 3 is 1.00 bits per heavy atom. The van der Waals surface area contributed by atoms with Crippen molar-refractivity contribution in [1.29, 1.82) is 0 Å². The number of hydrogen-bond acceptors (Lipinski definition) is 3. The van der Waals surface area contributed by atoms with E-state index in [0.717, 1.165) is 77.0 Å². The lowest BCUT2D eigenvalue weighted by Gasteiger charge is -2.70. The summed E-state index contributed by atoms with van der Waals surface area (Å²) in [5.41, 5.74) is 14.6. The van der Waals surface area contributed by atoms with E-state index < -0.39 is 28.6 Å². The summed E-state index contributed by atoms with van der Waals surface area (Å²) in [4.78, 5) is 38.9. The predicted octanol–water partition coefficient (Wildman–Crippen LogP) is 4.72. The fourth-order valence-electron chi connectivity index (χ4n) is 9.13. The Balaban J connectivity index is 2.37. The van der Waals surface area contributed by atoms with Gasteiger partial charge in [-0.15, -0.1) is 0 Å². The monoisotopic (exact) mass is 461 g/mol. The first kappa shape index (κ1) is 26.0. The molecule has 33 heavy (non-hydrogen) atoms. The van der Waals surface area contributed by atoms with Gasteiger partial charge < -0.3 is 17.2 Å². The third kappa shape index (κ3) is 3.89. The first-order valence-electron chi connectivity index (χ1n) is 13.3. The molecule has 0 spiro atoms. The van der Waals surface area contributed by atoms with E-state index in [4.69, 9.17) is 17.2 Å². The standard InChI is InChI=1S/C27H47N3O3/c1-23(13-7-4-8-14-23)27(24(2)15-9-5-10-16-24,25(3)17-11-6-12-18-25)19-26(20(28)31,21(29)32)22(30)33/h4-19H2,1-3H3,(H2,28,31)(H2,29,32)(H2,30,33). The minimum atomic E-state index is -2.17. The van der Waals surface area contributed by atoms with Gasteiger partial charge in [-0.3, -0.25) is 14.4 Å². The van der Waals surface area contributed by atoms with Gasteiger partial charge in [-0.1, -0.05) is 78.6 Å². The Kier molecular flexibility index (Phi) is 7.27. The predicted molar refractivity (Wildman–Crippen MR) is 131 cm³/mol. The van der Waals surface area contributed by atoms with Crippen LogP contribution in [0.2, 0.25) is 0 Å². The highest BCUT2D eigenvalue weighted by Crippen LogP contribution is 2.74. The summed E-state index contributed by atoms with van der Waals surface area (Å²) in [6.07, 6.45) is 16.6. The maximum Gasteiger partial charge on any atom is 0.242 e. The zero-order chi connectivity index (χ0) is 24.5. The van der Waals surface area contributed by atoms with Gasteiger partial charge in [0.25, 0.3) is 0 Å². The number of carbonyl (C=O) groups excluding carboxylic acids is 3. The van der Waals surface area contributed by atoms with Gasteiger partial charge in [0, 0.05) is 0 Å². The number of nitrogens with two attached hydrogens (primary N) is 3. The average molecular weight is 462 g/mol. The molecule has 0 aromatic carbocycles. The van der Waals surface area contributed by atoms with Crippen molar-refractivity contribution in [3.8, 4) is 0 Å². The Bertz CT molecular complexity index is 661. The molecule has 3 amide bonds. The van der Waals surface area contributed by atoms with Crippen molar-refractivity contribution in [3.05, 3.63) is 0 Å². The molecule has 3 saturated carbocycles. The summed E-state index contributed by atoms with van der Waals surface area (Å²) in [5.74, 6) is -2.94. The van der Waals surface area contributed by atoms with Gasteiger partial charge in [-0.2, -0.15) is 0 Å². The van der Waals surface area contributed by atoms with Gasteiger partial charge >= 0.3 is 0 Å². The summed E-state index contributed by atoms with van der Waals surface area (Å²) in [6, 6.07) is 0. The lowest BCUT2D eigenvalue weighted by molar-refractivity contribution is -0.218. The van der Waals surface area contributed by atoms with Crippen molar-refractivity contribution in [2.45, 2.75) is 124 Å². The zero-order valence-electron chi connectivity index (χ0n) is 21.3. The molecular formula is C27H47N3O3. The topological polar surface area (TPSA) is 129 Å². The molecule has 0 atom stereocenters. The third-order valence-electron chi connectivity index (χ3n) is 10.8. The molecule has 3 aliphatic rings. The zero-order valence-corrected chi connectivity index (χ0v) is 21.3. The maximum atomic E-state index is 13.0. The Labute approximate surface area is 200 Å². The van der Waals surface area contributed by atoms with Gasteiger partial charge in [-0.05, 0) is 66.6 Å². The lowest BCUT2D eigenvalue weighted by atomic mass is 9.33. The second kappa shape index (κ2) is 9.22. The molecule has 6 nitrogen and oxygen atoms in total. The van der Waals surface area contributed by atoms with E-state index in [9.17, 15) is 14.4 Å². The molecule has 188 valence electrons. The van der Waals surface area contributed by atoms with Crippen LogP contribution in [0, 0.1) is 27.1 Å². The SMILES string of the molecule is CC1(C(CC(C(N)=O)(C(N)=O)C(N)=O)(C2(C)CCCCC2)C2(C)CCCCC2)CCCCC1. The van der Waals surface area contributed by atoms with E-state index in [1.807, 2.05) is 0 Å². The van der Waals surface area contributed by atoms with Gasteiger partial charge in [0.15, 0.2) is 0 Å². The third-order valence-corrected chi connectivity index (χ3v) is 10.8. The average Bonchev–Trinajstić information content (AvgIpc) is 2.74. The van der Waals surface area contributed by atoms with Crippen molar-refractivity contribution in [3.63, 3.8) is 0 Å². The molecule has 0 bridgehead atoms. The summed E-state index contributed by atoms with van der Waals surface area (Å²) in [5, 5.41) is 0. The molecule has 0 aliphatic heterocycles. The summed E-state index contributed by atoms with van der Waals surface area (Å²) < 4.78 is 0. The molecule has 0 saturated heterocycles. The highest BCUT2D eigenvalue weighted by molar-refractivity contribution is 6.21. The minimum Gasteiger partial charge on any atom is -0.368 e. The molecule has 3 aliphatic carbocycles. The van der Waals surface area contributed by atoms with Crippen LogP contribution in [0.4, 0.5) is 0 Å². The van der Waals surface area contributed by atoms with Crippen LogP contribution in [-0.4, -0.2) is 17.7 Å². The summed E-state index contributed by atoms with van der Waals surface area (Å²) >= 11 is 0. The lowest BCUT2D eigenvalue weighted by Crippen LogP contribution is -2.68.